The Morgan fingerprint density at radius 2 is 2.03 bits per heavy atom. The third-order valence-corrected chi connectivity index (χ3v) is 8.09. The molecule has 0 radical (unpaired) electrons. The lowest BCUT2D eigenvalue weighted by Gasteiger charge is -2.25. The minimum atomic E-state index is -0.133. The monoisotopic (exact) mass is 472 g/mol. The fraction of sp³-hybridized carbons (Fsp3) is 0.357. The average Bonchev–Trinajstić information content (AvgIpc) is 3.52. The summed E-state index contributed by atoms with van der Waals surface area (Å²) in [4.78, 5) is 16.7. The molecule has 5 rings (SSSR count). The van der Waals surface area contributed by atoms with Gasteiger partial charge < -0.3 is 14.7 Å². The summed E-state index contributed by atoms with van der Waals surface area (Å²) < 4.78 is 5.77. The van der Waals surface area contributed by atoms with Crippen LogP contribution in [0, 0.1) is 11.3 Å². The zero-order chi connectivity index (χ0) is 23.9. The first-order valence-corrected chi connectivity index (χ1v) is 12.6. The van der Waals surface area contributed by atoms with Gasteiger partial charge in [0.2, 0.25) is 5.91 Å². The van der Waals surface area contributed by atoms with Crippen molar-refractivity contribution in [3.8, 4) is 32.7 Å². The predicted octanol–water partition coefficient (Wildman–Crippen LogP) is 5.15. The highest BCUT2D eigenvalue weighted by atomic mass is 32.1. The highest BCUT2D eigenvalue weighted by Crippen LogP contribution is 2.49. The standard InChI is InChI=1S/C28H28N2O3S/c1-18(2)33-24-7-6-19(14-20(24)16-29)25-8-9-26(34-25)22-4-3-5-23-21(22)10-11-28(23)15-27(32)30(17-28)12-13-31/h3-9,14,18,31H,10-13,15,17H2,1-2H3/t28-/m0/s1. The first-order chi connectivity index (χ1) is 16.4. The smallest absolute Gasteiger partial charge is 0.223 e. The number of amides is 1. The first-order valence-electron chi connectivity index (χ1n) is 11.8. The second kappa shape index (κ2) is 8.90. The third-order valence-electron chi connectivity index (χ3n) is 6.93. The molecule has 1 aliphatic carbocycles. The number of hydrogen-bond acceptors (Lipinski definition) is 5. The molecule has 2 aromatic carbocycles. The Balaban J connectivity index is 1.46. The number of β-amino-alcohol motifs (C(OH)–C–C–N with tert-alkyl or cyclic N) is 1. The Bertz CT molecular complexity index is 1290. The second-order valence-corrected chi connectivity index (χ2v) is 10.6. The summed E-state index contributed by atoms with van der Waals surface area (Å²) in [5.74, 6) is 0.759. The number of rotatable bonds is 6. The van der Waals surface area contributed by atoms with E-state index in [0.29, 0.717) is 30.8 Å². The highest BCUT2D eigenvalue weighted by Gasteiger charge is 2.48. The maximum Gasteiger partial charge on any atom is 0.223 e. The van der Waals surface area contributed by atoms with E-state index < -0.39 is 0 Å². The average molecular weight is 473 g/mol. The molecule has 1 aromatic heterocycles. The van der Waals surface area contributed by atoms with Crippen LogP contribution in [0.5, 0.6) is 5.75 Å². The number of aliphatic hydroxyl groups excluding tert-OH is 1. The van der Waals surface area contributed by atoms with Gasteiger partial charge in [-0.15, -0.1) is 11.3 Å². The molecule has 1 aliphatic heterocycles. The zero-order valence-electron chi connectivity index (χ0n) is 19.5. The Labute approximate surface area is 204 Å². The molecule has 0 saturated carbocycles. The molecule has 174 valence electrons. The van der Waals surface area contributed by atoms with Gasteiger partial charge >= 0.3 is 0 Å². The van der Waals surface area contributed by atoms with Crippen molar-refractivity contribution >= 4 is 17.2 Å². The van der Waals surface area contributed by atoms with Crippen LogP contribution in [-0.4, -0.2) is 41.7 Å². The maximum atomic E-state index is 12.6. The summed E-state index contributed by atoms with van der Waals surface area (Å²) in [5, 5.41) is 18.9. The van der Waals surface area contributed by atoms with Gasteiger partial charge in [-0.1, -0.05) is 18.2 Å². The number of fused-ring (bicyclic) bond motifs is 2. The van der Waals surface area contributed by atoms with Crippen LogP contribution in [0.4, 0.5) is 0 Å². The molecule has 2 heterocycles. The Hall–Kier alpha value is -3.14. The Morgan fingerprint density at radius 1 is 1.21 bits per heavy atom. The molecule has 0 unspecified atom stereocenters. The van der Waals surface area contributed by atoms with Crippen molar-refractivity contribution in [1.82, 2.24) is 4.90 Å². The van der Waals surface area contributed by atoms with Crippen molar-refractivity contribution in [3.05, 3.63) is 65.2 Å². The van der Waals surface area contributed by atoms with Crippen molar-refractivity contribution in [2.24, 2.45) is 0 Å². The lowest BCUT2D eigenvalue weighted by Crippen LogP contribution is -2.32. The van der Waals surface area contributed by atoms with Crippen LogP contribution < -0.4 is 4.74 Å². The van der Waals surface area contributed by atoms with E-state index in [2.05, 4.69) is 36.4 Å². The van der Waals surface area contributed by atoms with E-state index in [-0.39, 0.29) is 24.0 Å². The lowest BCUT2D eigenvalue weighted by atomic mass is 9.80. The molecule has 6 heteroatoms. The molecule has 3 aromatic rings. The number of ether oxygens (including phenoxy) is 1. The molecule has 0 bridgehead atoms. The summed E-state index contributed by atoms with van der Waals surface area (Å²) in [6.45, 7) is 5.02. The van der Waals surface area contributed by atoms with Crippen LogP contribution in [0.25, 0.3) is 20.9 Å². The van der Waals surface area contributed by atoms with Crippen LogP contribution >= 0.6 is 11.3 Å². The fourth-order valence-electron chi connectivity index (χ4n) is 5.43. The van der Waals surface area contributed by atoms with Crippen molar-refractivity contribution < 1.29 is 14.6 Å². The second-order valence-electron chi connectivity index (χ2n) is 9.48. The number of aliphatic hydroxyl groups is 1. The fourth-order valence-corrected chi connectivity index (χ4v) is 6.49. The van der Waals surface area contributed by atoms with Gasteiger partial charge in [0.25, 0.3) is 0 Å². The third kappa shape index (κ3) is 3.89. The number of carbonyl (C=O) groups excluding carboxylic acids is 1. The van der Waals surface area contributed by atoms with Crippen molar-refractivity contribution in [1.29, 1.82) is 5.26 Å². The van der Waals surface area contributed by atoms with Gasteiger partial charge in [0.15, 0.2) is 0 Å². The van der Waals surface area contributed by atoms with E-state index in [9.17, 15) is 15.2 Å². The molecular formula is C28H28N2O3S. The molecule has 1 saturated heterocycles. The molecule has 5 nitrogen and oxygen atoms in total. The summed E-state index contributed by atoms with van der Waals surface area (Å²) in [5.41, 5.74) is 5.28. The molecular weight excluding hydrogens is 444 g/mol. The topological polar surface area (TPSA) is 73.6 Å². The maximum absolute atomic E-state index is 12.6. The quantitative estimate of drug-likeness (QED) is 0.539. The minimum Gasteiger partial charge on any atom is -0.490 e. The minimum absolute atomic E-state index is 0.00474. The molecule has 1 spiro atoms. The molecule has 1 atom stereocenters. The molecule has 1 fully saturated rings. The number of benzene rings is 2. The van der Waals surface area contributed by atoms with Crippen LogP contribution in [0.2, 0.25) is 0 Å². The van der Waals surface area contributed by atoms with Crippen LogP contribution in [0.3, 0.4) is 0 Å². The van der Waals surface area contributed by atoms with Gasteiger partial charge in [-0.2, -0.15) is 5.26 Å². The van der Waals surface area contributed by atoms with Crippen LogP contribution in [0.1, 0.15) is 43.4 Å². The van der Waals surface area contributed by atoms with Crippen LogP contribution in [-0.2, 0) is 16.6 Å². The predicted molar refractivity (Wildman–Crippen MR) is 134 cm³/mol. The normalized spacial score (nSPS) is 19.1. The zero-order valence-corrected chi connectivity index (χ0v) is 20.3. The van der Waals surface area contributed by atoms with E-state index in [1.165, 1.54) is 21.6 Å². The van der Waals surface area contributed by atoms with Crippen LogP contribution in [0.15, 0.2) is 48.5 Å². The van der Waals surface area contributed by atoms with Crippen molar-refractivity contribution in [2.75, 3.05) is 19.7 Å². The molecule has 2 aliphatic rings. The van der Waals surface area contributed by atoms with Gasteiger partial charge in [-0.05, 0) is 79.3 Å². The number of nitrogens with zero attached hydrogens (tertiary/aromatic N) is 2. The summed E-state index contributed by atoms with van der Waals surface area (Å²) in [6.07, 6.45) is 2.47. The largest absolute Gasteiger partial charge is 0.490 e. The number of likely N-dealkylation sites (tertiary alicyclic amines) is 1. The van der Waals surface area contributed by atoms with E-state index in [1.807, 2.05) is 36.9 Å². The molecule has 1 N–H and O–H groups in total. The highest BCUT2D eigenvalue weighted by molar-refractivity contribution is 7.18. The molecule has 34 heavy (non-hydrogen) atoms. The lowest BCUT2D eigenvalue weighted by molar-refractivity contribution is -0.128. The van der Waals surface area contributed by atoms with E-state index in [4.69, 9.17) is 4.74 Å². The SMILES string of the molecule is CC(C)Oc1ccc(-c2ccc(-c3cccc4c3CC[C@@]43CC(=O)N(CCO)C3)s2)cc1C#N. The summed E-state index contributed by atoms with van der Waals surface area (Å²) in [7, 11) is 0. The summed E-state index contributed by atoms with van der Waals surface area (Å²) in [6, 6.07) is 18.8. The van der Waals surface area contributed by atoms with Gasteiger partial charge in [0.05, 0.1) is 18.3 Å². The Morgan fingerprint density at radius 3 is 2.79 bits per heavy atom. The van der Waals surface area contributed by atoms with Gasteiger partial charge in [0, 0.05) is 34.7 Å². The van der Waals surface area contributed by atoms with E-state index >= 15 is 0 Å². The number of nitriles is 1. The van der Waals surface area contributed by atoms with Gasteiger partial charge in [0.1, 0.15) is 11.8 Å². The number of carbonyl (C=O) groups is 1. The van der Waals surface area contributed by atoms with Crippen molar-refractivity contribution in [2.45, 2.75) is 44.6 Å². The number of thiophene rings is 1. The van der Waals surface area contributed by atoms with E-state index in [1.54, 1.807) is 11.3 Å². The number of hydrogen-bond donors (Lipinski definition) is 1. The summed E-state index contributed by atoms with van der Waals surface area (Å²) >= 11 is 1.72. The van der Waals surface area contributed by atoms with Gasteiger partial charge in [-0.25, -0.2) is 0 Å². The first kappa shape index (κ1) is 22.6. The van der Waals surface area contributed by atoms with Gasteiger partial charge in [-0.3, -0.25) is 4.79 Å². The van der Waals surface area contributed by atoms with E-state index in [0.717, 1.165) is 23.3 Å². The van der Waals surface area contributed by atoms with Crippen molar-refractivity contribution in [3.63, 3.8) is 0 Å². The Kier molecular flexibility index (Phi) is 5.93. The molecule has 1 amide bonds.